The van der Waals surface area contributed by atoms with Gasteiger partial charge in [-0.05, 0) is 21.0 Å². The van der Waals surface area contributed by atoms with Gasteiger partial charge in [0, 0.05) is 19.7 Å². The number of fused-ring (bicyclic) bond motifs is 1. The van der Waals surface area contributed by atoms with Crippen LogP contribution in [0.15, 0.2) is 12.7 Å². The first-order valence-electron chi connectivity index (χ1n) is 10.1. The van der Waals surface area contributed by atoms with Gasteiger partial charge in [-0.2, -0.15) is 0 Å². The molecule has 2 aromatic rings. The lowest BCUT2D eigenvalue weighted by atomic mass is 9.98. The van der Waals surface area contributed by atoms with E-state index in [1.54, 1.807) is 7.05 Å². The van der Waals surface area contributed by atoms with Gasteiger partial charge in [0.1, 0.15) is 24.1 Å². The summed E-state index contributed by atoms with van der Waals surface area (Å²) in [5.41, 5.74) is -1.49. The summed E-state index contributed by atoms with van der Waals surface area (Å²) in [4.78, 5) is 23.5. The Labute approximate surface area is 194 Å². The Bertz CT molecular complexity index is 1040. The second-order valence-electron chi connectivity index (χ2n) is 7.70. The van der Waals surface area contributed by atoms with Crippen molar-refractivity contribution >= 4 is 41.6 Å². The molecule has 2 unspecified atom stereocenters. The van der Waals surface area contributed by atoms with E-state index in [2.05, 4.69) is 20.3 Å². The molecule has 1 fully saturated rings. The SMILES string of the molecule is CNc1ncnc2c1ncn2[C@@H]1O[C@H](COP(=O)(OCCSC(C)=O)N(C)C)[C@H](O)C1(C)F. The van der Waals surface area contributed by atoms with E-state index in [-0.39, 0.29) is 11.7 Å². The van der Waals surface area contributed by atoms with E-state index in [0.717, 1.165) is 11.8 Å². The second kappa shape index (κ2) is 10.3. The summed E-state index contributed by atoms with van der Waals surface area (Å²) in [5.74, 6) is 0.762. The third kappa shape index (κ3) is 5.37. The minimum Gasteiger partial charge on any atom is -0.387 e. The summed E-state index contributed by atoms with van der Waals surface area (Å²) in [6, 6.07) is 0. The fourth-order valence-corrected chi connectivity index (χ4v) is 5.10. The standard InChI is InChI=1S/C18H28FN6O6PS/c1-11(26)33-7-6-29-32(28,24(4)5)30-8-12-14(27)18(2,19)17(31-12)25-10-23-13-15(20-3)21-9-22-16(13)25/h9-10,12,14,17,27H,6-8H2,1-5H3,(H,20,21,22)/t12-,14+,17-,18?,32?/m1/s1. The maximum absolute atomic E-state index is 15.6. The number of aliphatic hydroxyl groups excluding tert-OH is 1. The number of anilines is 1. The molecule has 0 spiro atoms. The fourth-order valence-electron chi connectivity index (χ4n) is 3.33. The number of nitrogens with one attached hydrogen (secondary N) is 1. The predicted molar refractivity (Wildman–Crippen MR) is 121 cm³/mol. The predicted octanol–water partition coefficient (Wildman–Crippen LogP) is 1.84. The van der Waals surface area contributed by atoms with Crippen LogP contribution in [0.2, 0.25) is 0 Å². The van der Waals surface area contributed by atoms with Gasteiger partial charge in [0.2, 0.25) is 0 Å². The topological polar surface area (TPSA) is 141 Å². The first-order valence-corrected chi connectivity index (χ1v) is 12.6. The summed E-state index contributed by atoms with van der Waals surface area (Å²) in [7, 11) is 0.926. The fraction of sp³-hybridized carbons (Fsp3) is 0.667. The zero-order valence-corrected chi connectivity index (χ0v) is 20.7. The van der Waals surface area contributed by atoms with Crippen LogP contribution in [0.25, 0.3) is 11.2 Å². The molecule has 0 aromatic carbocycles. The first-order chi connectivity index (χ1) is 15.5. The number of hydrogen-bond acceptors (Lipinski definition) is 11. The number of ether oxygens (including phenoxy) is 1. The van der Waals surface area contributed by atoms with Crippen molar-refractivity contribution in [2.45, 2.75) is 38.0 Å². The van der Waals surface area contributed by atoms with Crippen molar-refractivity contribution in [3.05, 3.63) is 12.7 Å². The molecule has 0 saturated carbocycles. The number of carbonyl (C=O) groups excluding carboxylic acids is 1. The van der Waals surface area contributed by atoms with Crippen LogP contribution in [0.5, 0.6) is 0 Å². The molecule has 1 aliphatic heterocycles. The number of aromatic nitrogens is 4. The molecule has 1 aliphatic rings. The monoisotopic (exact) mass is 506 g/mol. The molecule has 5 atom stereocenters. The molecule has 2 aromatic heterocycles. The van der Waals surface area contributed by atoms with Gasteiger partial charge in [0.25, 0.3) is 0 Å². The zero-order valence-electron chi connectivity index (χ0n) is 19.0. The Kier molecular flexibility index (Phi) is 8.10. The van der Waals surface area contributed by atoms with Gasteiger partial charge in [-0.3, -0.25) is 18.4 Å². The Morgan fingerprint density at radius 2 is 2.15 bits per heavy atom. The molecule has 3 heterocycles. The van der Waals surface area contributed by atoms with E-state index in [1.807, 2.05) is 0 Å². The maximum atomic E-state index is 15.6. The summed E-state index contributed by atoms with van der Waals surface area (Å²) in [5, 5.41) is 13.4. The van der Waals surface area contributed by atoms with Crippen molar-refractivity contribution in [3.63, 3.8) is 0 Å². The van der Waals surface area contributed by atoms with Gasteiger partial charge in [0.05, 0.1) is 19.5 Å². The molecule has 15 heteroatoms. The second-order valence-corrected chi connectivity index (χ2v) is 11.2. The highest BCUT2D eigenvalue weighted by molar-refractivity contribution is 8.13. The van der Waals surface area contributed by atoms with Crippen LogP contribution >= 0.6 is 19.5 Å². The van der Waals surface area contributed by atoms with Crippen LogP contribution in [0, 0.1) is 0 Å². The van der Waals surface area contributed by atoms with Crippen LogP contribution in [0.3, 0.4) is 0 Å². The number of rotatable bonds is 10. The highest BCUT2D eigenvalue weighted by atomic mass is 32.2. The van der Waals surface area contributed by atoms with Gasteiger partial charge in [0.15, 0.2) is 28.5 Å². The average molecular weight is 506 g/mol. The van der Waals surface area contributed by atoms with E-state index in [1.165, 1.54) is 49.8 Å². The lowest BCUT2D eigenvalue weighted by molar-refractivity contribution is -0.109. The summed E-state index contributed by atoms with van der Waals surface area (Å²) in [6.07, 6.45) is -1.33. The zero-order chi connectivity index (χ0) is 24.4. The molecule has 0 bridgehead atoms. The maximum Gasteiger partial charge on any atom is 0.407 e. The largest absolute Gasteiger partial charge is 0.407 e. The molecular weight excluding hydrogens is 478 g/mol. The average Bonchev–Trinajstić information content (AvgIpc) is 3.28. The molecule has 184 valence electrons. The van der Waals surface area contributed by atoms with Gasteiger partial charge in [-0.15, -0.1) is 0 Å². The third-order valence-corrected chi connectivity index (χ3v) is 7.84. The van der Waals surface area contributed by atoms with Crippen molar-refractivity contribution in [3.8, 4) is 0 Å². The normalized spacial score (nSPS) is 27.2. The van der Waals surface area contributed by atoms with E-state index in [4.69, 9.17) is 13.8 Å². The first kappa shape index (κ1) is 25.9. The van der Waals surface area contributed by atoms with Crippen molar-refractivity contribution in [1.29, 1.82) is 0 Å². The molecule has 0 aliphatic carbocycles. The highest BCUT2D eigenvalue weighted by Gasteiger charge is 2.56. The Balaban J connectivity index is 1.74. The molecule has 33 heavy (non-hydrogen) atoms. The molecule has 3 rings (SSSR count). The quantitative estimate of drug-likeness (QED) is 0.359. The minimum atomic E-state index is -3.75. The minimum absolute atomic E-state index is 0.00572. The van der Waals surface area contributed by atoms with Crippen LogP contribution in [-0.2, 0) is 23.1 Å². The van der Waals surface area contributed by atoms with Gasteiger partial charge < -0.3 is 15.2 Å². The Morgan fingerprint density at radius 1 is 1.42 bits per heavy atom. The van der Waals surface area contributed by atoms with Gasteiger partial charge in [-0.25, -0.2) is 28.6 Å². The summed E-state index contributed by atoms with van der Waals surface area (Å²) in [6.45, 7) is 2.24. The van der Waals surface area contributed by atoms with Crippen LogP contribution in [0.1, 0.15) is 20.1 Å². The molecule has 0 radical (unpaired) electrons. The Morgan fingerprint density at radius 3 is 2.79 bits per heavy atom. The van der Waals surface area contributed by atoms with Gasteiger partial charge >= 0.3 is 7.75 Å². The molecule has 0 amide bonds. The Hall–Kier alpha value is -1.67. The third-order valence-electron chi connectivity index (χ3n) is 5.10. The van der Waals surface area contributed by atoms with Crippen molar-refractivity contribution in [2.24, 2.45) is 0 Å². The number of alkyl halides is 1. The number of hydrogen-bond donors (Lipinski definition) is 2. The smallest absolute Gasteiger partial charge is 0.387 e. The lowest BCUT2D eigenvalue weighted by Crippen LogP contribution is -2.40. The summed E-state index contributed by atoms with van der Waals surface area (Å²) < 4.78 is 48.0. The van der Waals surface area contributed by atoms with Gasteiger partial charge in [-0.1, -0.05) is 11.8 Å². The number of carbonyl (C=O) groups is 1. The highest BCUT2D eigenvalue weighted by Crippen LogP contribution is 2.51. The van der Waals surface area contributed by atoms with Crippen LogP contribution in [0.4, 0.5) is 10.2 Å². The van der Waals surface area contributed by atoms with Crippen molar-refractivity contribution in [1.82, 2.24) is 24.2 Å². The lowest BCUT2D eigenvalue weighted by Gasteiger charge is -2.26. The van der Waals surface area contributed by atoms with E-state index >= 15 is 4.39 Å². The number of thioether (sulfide) groups is 1. The molecule has 2 N–H and O–H groups in total. The number of nitrogens with zero attached hydrogens (tertiary/aromatic N) is 5. The molecule has 12 nitrogen and oxygen atoms in total. The van der Waals surface area contributed by atoms with E-state index in [0.29, 0.717) is 22.7 Å². The van der Waals surface area contributed by atoms with E-state index < -0.39 is 38.5 Å². The van der Waals surface area contributed by atoms with Crippen LogP contribution < -0.4 is 5.32 Å². The molecule has 1 saturated heterocycles. The number of halogens is 1. The summed E-state index contributed by atoms with van der Waals surface area (Å²) >= 11 is 1.03. The molecular formula is C18H28FN6O6PS. The number of aliphatic hydroxyl groups is 1. The van der Waals surface area contributed by atoms with Crippen molar-refractivity contribution in [2.75, 3.05) is 45.4 Å². The van der Waals surface area contributed by atoms with Crippen molar-refractivity contribution < 1.29 is 32.6 Å². The van der Waals surface area contributed by atoms with Crippen LogP contribution in [-0.4, -0.2) is 92.4 Å². The number of imidazole rings is 1. The van der Waals surface area contributed by atoms with E-state index in [9.17, 15) is 14.5 Å².